The van der Waals surface area contributed by atoms with Gasteiger partial charge in [-0.3, -0.25) is 4.79 Å². The maximum Gasteiger partial charge on any atom is 0.257 e. The maximum atomic E-state index is 15.1. The van der Waals surface area contributed by atoms with E-state index in [4.69, 9.17) is 10.5 Å². The number of rotatable bonds is 8. The fourth-order valence-corrected chi connectivity index (χ4v) is 4.10. The van der Waals surface area contributed by atoms with Gasteiger partial charge < -0.3 is 25.6 Å². The lowest BCUT2D eigenvalue weighted by molar-refractivity contribution is 0.0753. The van der Waals surface area contributed by atoms with Crippen LogP contribution in [0.15, 0.2) is 54.6 Å². The number of halogens is 2. The van der Waals surface area contributed by atoms with Crippen LogP contribution < -0.4 is 20.7 Å². The fraction of sp³-hybridized carbons (Fsp3) is 0.308. The smallest absolute Gasteiger partial charge is 0.257 e. The third-order valence-electron chi connectivity index (χ3n) is 6.02. The Balaban J connectivity index is 0.00000361. The van der Waals surface area contributed by atoms with Crippen LogP contribution in [0.5, 0.6) is 5.75 Å². The molecule has 0 bridgehead atoms. The van der Waals surface area contributed by atoms with Crippen LogP contribution in [0.3, 0.4) is 0 Å². The van der Waals surface area contributed by atoms with Crippen molar-refractivity contribution in [2.24, 2.45) is 0 Å². The molecular formula is C26H31F2N5O2S. The number of amides is 1. The first-order valence-corrected chi connectivity index (χ1v) is 11.5. The van der Waals surface area contributed by atoms with Crippen LogP contribution in [0.25, 0.3) is 0 Å². The number of carbonyl (C=O) groups excluding carboxylic acids is 1. The van der Waals surface area contributed by atoms with Crippen LogP contribution in [0, 0.1) is 11.6 Å². The number of carbonyl (C=O) groups is 1. The van der Waals surface area contributed by atoms with Crippen molar-refractivity contribution in [3.8, 4) is 5.75 Å². The second-order valence-electron chi connectivity index (χ2n) is 8.56. The first-order valence-electron chi connectivity index (χ1n) is 11.5. The number of nitrogens with zero attached hydrogens (tertiary/aromatic N) is 3. The van der Waals surface area contributed by atoms with Gasteiger partial charge in [0.2, 0.25) is 0 Å². The van der Waals surface area contributed by atoms with Crippen LogP contribution in [-0.2, 0) is 6.54 Å². The van der Waals surface area contributed by atoms with Crippen LogP contribution in [0.4, 0.5) is 20.4 Å². The highest BCUT2D eigenvalue weighted by molar-refractivity contribution is 7.59. The number of hydrogen-bond donors (Lipinski definition) is 2. The quantitative estimate of drug-likeness (QED) is 0.474. The van der Waals surface area contributed by atoms with Gasteiger partial charge in [0, 0.05) is 44.7 Å². The van der Waals surface area contributed by atoms with Crippen molar-refractivity contribution in [2.45, 2.75) is 19.1 Å². The number of hydrogen-bond acceptors (Lipinski definition) is 6. The van der Waals surface area contributed by atoms with E-state index in [0.717, 1.165) is 0 Å². The Morgan fingerprint density at radius 1 is 1.14 bits per heavy atom. The zero-order chi connectivity index (χ0) is 24.9. The molecule has 2 aromatic carbocycles. The number of pyridine rings is 1. The molecule has 0 aliphatic carbocycles. The molecule has 1 aliphatic heterocycles. The van der Waals surface area contributed by atoms with Crippen LogP contribution in [0.2, 0.25) is 0 Å². The Morgan fingerprint density at radius 2 is 1.94 bits per heavy atom. The van der Waals surface area contributed by atoms with Gasteiger partial charge in [-0.1, -0.05) is 18.2 Å². The molecule has 0 spiro atoms. The summed E-state index contributed by atoms with van der Waals surface area (Å²) in [6.45, 7) is 1.71. The Kier molecular flexibility index (Phi) is 9.11. The first kappa shape index (κ1) is 27.2. The summed E-state index contributed by atoms with van der Waals surface area (Å²) in [6, 6.07) is 14.1. The van der Waals surface area contributed by atoms with Gasteiger partial charge in [-0.05, 0) is 49.5 Å². The SMILES string of the molecule is CNCC[C@H](Oc1ccc(CN2CCN(C)c3nc(N)ccc3C2=O)c(F)c1)c1cccc(F)c1.S. The molecule has 1 atom stereocenters. The van der Waals surface area contributed by atoms with Crippen molar-refractivity contribution in [3.05, 3.63) is 82.9 Å². The average Bonchev–Trinajstić information content (AvgIpc) is 2.95. The van der Waals surface area contributed by atoms with Crippen LogP contribution in [0.1, 0.15) is 34.0 Å². The van der Waals surface area contributed by atoms with Gasteiger partial charge in [-0.15, -0.1) is 0 Å². The molecule has 192 valence electrons. The van der Waals surface area contributed by atoms with Gasteiger partial charge in [-0.2, -0.15) is 13.5 Å². The summed E-state index contributed by atoms with van der Waals surface area (Å²) in [5, 5.41) is 3.06. The number of fused-ring (bicyclic) bond motifs is 1. The summed E-state index contributed by atoms with van der Waals surface area (Å²) < 4.78 is 34.9. The van der Waals surface area contributed by atoms with E-state index in [1.165, 1.54) is 18.2 Å². The minimum absolute atomic E-state index is 0. The van der Waals surface area contributed by atoms with Crippen molar-refractivity contribution in [2.75, 3.05) is 44.4 Å². The standard InChI is InChI=1S/C26H29F2N5O2.H2S/c1-30-11-10-23(17-4-3-5-19(27)14-17)35-20-7-6-18(22(28)15-20)16-33-13-12-32(2)25-21(26(33)34)8-9-24(29)31-25;/h3-9,14-15,23,30H,10-13,16H2,1-2H3,(H2,29,31);1H2/t23-;/m0./s1. The lowest BCUT2D eigenvalue weighted by Crippen LogP contribution is -2.33. The van der Waals surface area contributed by atoms with Gasteiger partial charge in [0.05, 0.1) is 5.56 Å². The number of likely N-dealkylation sites (N-methyl/N-ethyl adjacent to an activating group) is 1. The largest absolute Gasteiger partial charge is 0.486 e. The van der Waals surface area contributed by atoms with E-state index in [2.05, 4.69) is 10.3 Å². The summed E-state index contributed by atoms with van der Waals surface area (Å²) in [5.74, 6) is 0.138. The van der Waals surface area contributed by atoms with Gasteiger partial charge in [0.1, 0.15) is 35.1 Å². The van der Waals surface area contributed by atoms with Crippen LogP contribution in [-0.4, -0.2) is 49.5 Å². The molecule has 1 aromatic heterocycles. The Labute approximate surface area is 216 Å². The maximum absolute atomic E-state index is 15.1. The Morgan fingerprint density at radius 3 is 2.67 bits per heavy atom. The van der Waals surface area contributed by atoms with Crippen molar-refractivity contribution in [1.82, 2.24) is 15.2 Å². The number of anilines is 2. The average molecular weight is 516 g/mol. The molecule has 1 amide bonds. The number of aromatic nitrogens is 1. The molecule has 3 aromatic rings. The fourth-order valence-electron chi connectivity index (χ4n) is 4.10. The molecule has 3 N–H and O–H groups in total. The third kappa shape index (κ3) is 6.24. The molecule has 0 fully saturated rings. The number of nitrogens with two attached hydrogens (primary N) is 1. The summed E-state index contributed by atoms with van der Waals surface area (Å²) in [6.07, 6.45) is 0.138. The molecule has 4 rings (SSSR count). The minimum atomic E-state index is -0.477. The number of nitrogen functional groups attached to an aromatic ring is 1. The van der Waals surface area contributed by atoms with Crippen molar-refractivity contribution in [3.63, 3.8) is 0 Å². The molecule has 7 nitrogen and oxygen atoms in total. The van der Waals surface area contributed by atoms with E-state index in [1.807, 2.05) is 19.0 Å². The molecule has 0 saturated heterocycles. The second-order valence-corrected chi connectivity index (χ2v) is 8.56. The Bertz CT molecular complexity index is 1210. The molecule has 10 heteroatoms. The summed E-state index contributed by atoms with van der Waals surface area (Å²) >= 11 is 0. The minimum Gasteiger partial charge on any atom is -0.486 e. The van der Waals surface area contributed by atoms with E-state index >= 15 is 4.39 Å². The van der Waals surface area contributed by atoms with Gasteiger partial charge in [0.25, 0.3) is 5.91 Å². The highest BCUT2D eigenvalue weighted by Gasteiger charge is 2.27. The van der Waals surface area contributed by atoms with Gasteiger partial charge in [0.15, 0.2) is 0 Å². The third-order valence-corrected chi connectivity index (χ3v) is 6.02. The van der Waals surface area contributed by atoms with Crippen molar-refractivity contribution in [1.29, 1.82) is 0 Å². The summed E-state index contributed by atoms with van der Waals surface area (Å²) in [7, 11) is 3.67. The number of nitrogens with one attached hydrogen (secondary N) is 1. The Hall–Kier alpha value is -3.37. The zero-order valence-electron chi connectivity index (χ0n) is 20.3. The predicted octanol–water partition coefficient (Wildman–Crippen LogP) is 3.88. The first-order chi connectivity index (χ1) is 16.9. The number of ether oxygens (including phenoxy) is 1. The number of benzene rings is 2. The second kappa shape index (κ2) is 12.0. The van der Waals surface area contributed by atoms with Crippen molar-refractivity contribution >= 4 is 31.0 Å². The highest BCUT2D eigenvalue weighted by Crippen LogP contribution is 2.28. The molecule has 2 heterocycles. The molecule has 0 saturated carbocycles. The summed E-state index contributed by atoms with van der Waals surface area (Å²) in [4.78, 5) is 20.9. The predicted molar refractivity (Wildman–Crippen MR) is 142 cm³/mol. The van der Waals surface area contributed by atoms with E-state index in [1.54, 1.807) is 41.3 Å². The monoisotopic (exact) mass is 515 g/mol. The lowest BCUT2D eigenvalue weighted by atomic mass is 10.1. The van der Waals surface area contributed by atoms with Gasteiger partial charge in [-0.25, -0.2) is 13.8 Å². The normalized spacial score (nSPS) is 14.1. The van der Waals surface area contributed by atoms with E-state index in [0.29, 0.717) is 60.1 Å². The van der Waals surface area contributed by atoms with Crippen LogP contribution >= 0.6 is 13.5 Å². The molecule has 0 unspecified atom stereocenters. The summed E-state index contributed by atoms with van der Waals surface area (Å²) in [5.41, 5.74) is 7.28. The molecule has 1 aliphatic rings. The lowest BCUT2D eigenvalue weighted by Gasteiger charge is -2.22. The van der Waals surface area contributed by atoms with E-state index in [-0.39, 0.29) is 31.8 Å². The molecule has 0 radical (unpaired) electrons. The molecular weight excluding hydrogens is 484 g/mol. The van der Waals surface area contributed by atoms with E-state index < -0.39 is 11.9 Å². The van der Waals surface area contributed by atoms with E-state index in [9.17, 15) is 9.18 Å². The zero-order valence-corrected chi connectivity index (χ0v) is 21.3. The highest BCUT2D eigenvalue weighted by atomic mass is 32.1. The molecule has 36 heavy (non-hydrogen) atoms. The van der Waals surface area contributed by atoms with Crippen molar-refractivity contribution < 1.29 is 18.3 Å². The topological polar surface area (TPSA) is 83.7 Å². The van der Waals surface area contributed by atoms with Gasteiger partial charge >= 0.3 is 0 Å².